The van der Waals surface area contributed by atoms with Crippen molar-refractivity contribution in [3.8, 4) is 0 Å². The van der Waals surface area contributed by atoms with Crippen LogP contribution in [0.4, 0.5) is 0 Å². The van der Waals surface area contributed by atoms with Crippen LogP contribution in [0.5, 0.6) is 0 Å². The molecule has 7 heteroatoms. The number of thiophene rings is 1. The quantitative estimate of drug-likeness (QED) is 0.432. The van der Waals surface area contributed by atoms with Gasteiger partial charge in [0.15, 0.2) is 0 Å². The van der Waals surface area contributed by atoms with Crippen molar-refractivity contribution < 1.29 is 9.21 Å². The number of carbonyl (C=O) groups excluding carboxylic acids is 1. The lowest BCUT2D eigenvalue weighted by Crippen LogP contribution is -2.31. The number of pyridine rings is 1. The number of hydrogen-bond acceptors (Lipinski definition) is 5. The maximum absolute atomic E-state index is 12.3. The molecule has 0 radical (unpaired) electrons. The van der Waals surface area contributed by atoms with Crippen molar-refractivity contribution in [2.75, 3.05) is 0 Å². The average molecular weight is 289 g/mol. The molecule has 0 saturated heterocycles. The molecule has 0 atom stereocenters. The van der Waals surface area contributed by atoms with Gasteiger partial charge in [0.05, 0.1) is 23.8 Å². The third-order valence-corrected chi connectivity index (χ3v) is 3.91. The zero-order valence-electron chi connectivity index (χ0n) is 10.3. The van der Waals surface area contributed by atoms with E-state index in [0.29, 0.717) is 16.7 Å². The van der Waals surface area contributed by atoms with E-state index in [0.717, 1.165) is 4.70 Å². The lowest BCUT2D eigenvalue weighted by Gasteiger charge is -2.05. The number of nitrogens with two attached hydrogens (primary N) is 1. The monoisotopic (exact) mass is 289 g/mol. The van der Waals surface area contributed by atoms with Crippen molar-refractivity contribution >= 4 is 27.3 Å². The van der Waals surface area contributed by atoms with Crippen LogP contribution in [0.25, 0.3) is 10.1 Å². The molecule has 3 heterocycles. The summed E-state index contributed by atoms with van der Waals surface area (Å²) in [4.78, 5) is 23.8. The molecule has 3 aromatic rings. The fourth-order valence-electron chi connectivity index (χ4n) is 2.03. The van der Waals surface area contributed by atoms with Crippen LogP contribution >= 0.6 is 11.3 Å². The van der Waals surface area contributed by atoms with Crippen LogP contribution in [0.3, 0.4) is 0 Å². The van der Waals surface area contributed by atoms with Crippen molar-refractivity contribution in [1.29, 1.82) is 0 Å². The number of furan rings is 1. The summed E-state index contributed by atoms with van der Waals surface area (Å²) in [6, 6.07) is 5.17. The molecular weight excluding hydrogens is 278 g/mol. The van der Waals surface area contributed by atoms with Crippen LogP contribution in [0.1, 0.15) is 16.1 Å². The van der Waals surface area contributed by atoms with E-state index in [4.69, 9.17) is 10.3 Å². The van der Waals surface area contributed by atoms with Gasteiger partial charge in [-0.05, 0) is 23.6 Å². The fourth-order valence-corrected chi connectivity index (χ4v) is 2.80. The lowest BCUT2D eigenvalue weighted by molar-refractivity contribution is 0.0951. The number of nitrogens with zero attached hydrogens (tertiary/aromatic N) is 1. The van der Waals surface area contributed by atoms with Gasteiger partial charge in [0, 0.05) is 10.9 Å². The zero-order chi connectivity index (χ0) is 14.1. The second-order valence-electron chi connectivity index (χ2n) is 4.18. The van der Waals surface area contributed by atoms with Gasteiger partial charge in [-0.15, -0.1) is 11.3 Å². The van der Waals surface area contributed by atoms with Gasteiger partial charge < -0.3 is 8.98 Å². The Morgan fingerprint density at radius 3 is 3.05 bits per heavy atom. The van der Waals surface area contributed by atoms with Crippen LogP contribution in [-0.4, -0.2) is 10.5 Å². The number of aromatic nitrogens is 1. The second-order valence-corrected chi connectivity index (χ2v) is 5.13. The van der Waals surface area contributed by atoms with Crippen molar-refractivity contribution in [3.63, 3.8) is 0 Å². The number of nitrogens with one attached hydrogen (secondary N) is 1. The van der Waals surface area contributed by atoms with Crippen molar-refractivity contribution in [2.45, 2.75) is 6.54 Å². The topological polar surface area (TPSA) is 90.3 Å². The summed E-state index contributed by atoms with van der Waals surface area (Å²) < 4.78 is 7.70. The second kappa shape index (κ2) is 4.95. The van der Waals surface area contributed by atoms with E-state index in [1.807, 2.05) is 16.9 Å². The molecule has 0 aliphatic heterocycles. The van der Waals surface area contributed by atoms with Crippen LogP contribution < -0.4 is 16.8 Å². The van der Waals surface area contributed by atoms with Gasteiger partial charge in [0.25, 0.3) is 11.5 Å². The van der Waals surface area contributed by atoms with E-state index in [2.05, 4.69) is 0 Å². The first-order chi connectivity index (χ1) is 9.70. The van der Waals surface area contributed by atoms with Crippen LogP contribution in [0.2, 0.25) is 0 Å². The molecule has 6 nitrogen and oxygen atoms in total. The summed E-state index contributed by atoms with van der Waals surface area (Å²) in [5, 5.41) is 2.53. The van der Waals surface area contributed by atoms with Gasteiger partial charge in [0.2, 0.25) is 0 Å². The predicted molar refractivity (Wildman–Crippen MR) is 75.5 cm³/mol. The molecule has 1 amide bonds. The van der Waals surface area contributed by atoms with Crippen LogP contribution in [0.15, 0.2) is 45.3 Å². The Kier molecular flexibility index (Phi) is 3.13. The van der Waals surface area contributed by atoms with E-state index in [9.17, 15) is 9.59 Å². The van der Waals surface area contributed by atoms with Gasteiger partial charge in [0.1, 0.15) is 5.76 Å². The van der Waals surface area contributed by atoms with E-state index >= 15 is 0 Å². The van der Waals surface area contributed by atoms with Crippen molar-refractivity contribution in [1.82, 2.24) is 9.99 Å². The summed E-state index contributed by atoms with van der Waals surface area (Å²) in [6.07, 6.45) is 3.09. The standard InChI is InChI=1S/C13H11N3O3S/c14-15-12(17)8-2-5-19-10(8)7-16-4-1-11-9(13(16)18)3-6-20-11/h1-6H,7,14H2,(H,15,17). The highest BCUT2D eigenvalue weighted by atomic mass is 32.1. The van der Waals surface area contributed by atoms with Gasteiger partial charge in [-0.25, -0.2) is 5.84 Å². The Labute approximate surface area is 117 Å². The minimum atomic E-state index is -0.446. The number of amides is 1. The maximum Gasteiger partial charge on any atom is 0.268 e. The summed E-state index contributed by atoms with van der Waals surface area (Å²) in [7, 11) is 0. The first-order valence-corrected chi connectivity index (χ1v) is 6.72. The number of hydrogen-bond donors (Lipinski definition) is 2. The van der Waals surface area contributed by atoms with Gasteiger partial charge in [-0.1, -0.05) is 0 Å². The molecule has 3 rings (SSSR count). The van der Waals surface area contributed by atoms with E-state index in [1.165, 1.54) is 28.2 Å². The first kappa shape index (κ1) is 12.6. The Morgan fingerprint density at radius 1 is 1.40 bits per heavy atom. The normalized spacial score (nSPS) is 10.8. The summed E-state index contributed by atoms with van der Waals surface area (Å²) in [5.41, 5.74) is 2.26. The summed E-state index contributed by atoms with van der Waals surface area (Å²) in [5.74, 6) is 5.05. The maximum atomic E-state index is 12.3. The first-order valence-electron chi connectivity index (χ1n) is 5.84. The number of rotatable bonds is 3. The minimum Gasteiger partial charge on any atom is -0.467 e. The predicted octanol–water partition coefficient (Wildman–Crippen LogP) is 1.31. The number of fused-ring (bicyclic) bond motifs is 1. The molecule has 0 saturated carbocycles. The molecule has 0 unspecified atom stereocenters. The minimum absolute atomic E-state index is 0.112. The van der Waals surface area contributed by atoms with E-state index in [-0.39, 0.29) is 12.1 Å². The van der Waals surface area contributed by atoms with E-state index in [1.54, 1.807) is 12.3 Å². The highest BCUT2D eigenvalue weighted by Gasteiger charge is 2.15. The Hall–Kier alpha value is -2.38. The molecule has 3 aromatic heterocycles. The van der Waals surface area contributed by atoms with Crippen LogP contribution in [-0.2, 0) is 6.54 Å². The average Bonchev–Trinajstić information content (AvgIpc) is 3.10. The van der Waals surface area contributed by atoms with Gasteiger partial charge >= 0.3 is 0 Å². The molecule has 102 valence electrons. The van der Waals surface area contributed by atoms with Gasteiger partial charge in [-0.3, -0.25) is 15.0 Å². The van der Waals surface area contributed by atoms with Crippen molar-refractivity contribution in [3.05, 3.63) is 57.7 Å². The molecule has 3 N–H and O–H groups in total. The third kappa shape index (κ3) is 2.02. The Balaban J connectivity index is 2.02. The molecule has 0 aliphatic carbocycles. The molecule has 0 spiro atoms. The molecule has 20 heavy (non-hydrogen) atoms. The number of carbonyl (C=O) groups is 1. The van der Waals surface area contributed by atoms with Crippen molar-refractivity contribution in [2.24, 2.45) is 5.84 Å². The smallest absolute Gasteiger partial charge is 0.268 e. The highest BCUT2D eigenvalue weighted by molar-refractivity contribution is 7.17. The zero-order valence-corrected chi connectivity index (χ0v) is 11.1. The summed E-state index contributed by atoms with van der Waals surface area (Å²) in [6.45, 7) is 0.181. The summed E-state index contributed by atoms with van der Waals surface area (Å²) >= 11 is 1.51. The van der Waals surface area contributed by atoms with E-state index < -0.39 is 5.91 Å². The number of hydrazine groups is 1. The van der Waals surface area contributed by atoms with Crippen LogP contribution in [0, 0.1) is 0 Å². The molecule has 0 bridgehead atoms. The lowest BCUT2D eigenvalue weighted by atomic mass is 10.2. The fraction of sp³-hybridized carbons (Fsp3) is 0.0769. The SMILES string of the molecule is NNC(=O)c1ccoc1Cn1ccc2sccc2c1=O. The number of nitrogen functional groups attached to an aromatic ring is 1. The largest absolute Gasteiger partial charge is 0.467 e. The van der Waals surface area contributed by atoms with Gasteiger partial charge in [-0.2, -0.15) is 0 Å². The Morgan fingerprint density at radius 2 is 2.25 bits per heavy atom. The molecular formula is C13H11N3O3S. The molecule has 0 aromatic carbocycles. The molecule has 0 fully saturated rings. The Bertz CT molecular complexity index is 831. The third-order valence-electron chi connectivity index (χ3n) is 3.03. The molecule has 0 aliphatic rings. The highest BCUT2D eigenvalue weighted by Crippen LogP contribution is 2.17.